The van der Waals surface area contributed by atoms with Crippen LogP contribution >= 0.6 is 0 Å². The summed E-state index contributed by atoms with van der Waals surface area (Å²) in [5, 5.41) is 2.62. The minimum Gasteiger partial charge on any atom is -0.395 e. The molecule has 4 nitrogen and oxygen atoms in total. The molecule has 0 saturated carbocycles. The second kappa shape index (κ2) is 4.73. The highest BCUT2D eigenvalue weighted by Crippen LogP contribution is 2.42. The van der Waals surface area contributed by atoms with Crippen molar-refractivity contribution in [2.75, 3.05) is 5.32 Å². The molecule has 6 heteroatoms. The minimum absolute atomic E-state index is 0.0617. The predicted molar refractivity (Wildman–Crippen MR) is 71.8 cm³/mol. The molecule has 2 aromatic carbocycles. The maximum atomic E-state index is 12.9. The molecule has 108 valence electrons. The number of hydrogen-bond acceptors (Lipinski definition) is 3. The van der Waals surface area contributed by atoms with Gasteiger partial charge in [0.05, 0.1) is 0 Å². The van der Waals surface area contributed by atoms with Crippen LogP contribution in [0.3, 0.4) is 0 Å². The van der Waals surface area contributed by atoms with E-state index in [1.165, 1.54) is 18.2 Å². The Labute approximate surface area is 119 Å². The third-order valence-corrected chi connectivity index (χ3v) is 2.97. The fourth-order valence-corrected chi connectivity index (χ4v) is 1.93. The van der Waals surface area contributed by atoms with E-state index >= 15 is 0 Å². The number of benzene rings is 2. The van der Waals surface area contributed by atoms with Gasteiger partial charge in [0.2, 0.25) is 0 Å². The fraction of sp³-hybridized carbons (Fsp3) is 0.133. The molecule has 0 aromatic heterocycles. The van der Waals surface area contributed by atoms with Gasteiger partial charge in [-0.3, -0.25) is 4.79 Å². The number of amides is 1. The Morgan fingerprint density at radius 3 is 2.43 bits per heavy atom. The number of rotatable bonds is 2. The molecule has 3 rings (SSSR count). The van der Waals surface area contributed by atoms with Gasteiger partial charge in [0.15, 0.2) is 11.5 Å². The number of aryl methyl sites for hydroxylation is 1. The molecule has 1 amide bonds. The number of alkyl halides is 2. The van der Waals surface area contributed by atoms with Crippen molar-refractivity contribution in [2.24, 2.45) is 0 Å². The van der Waals surface area contributed by atoms with E-state index in [4.69, 9.17) is 0 Å². The summed E-state index contributed by atoms with van der Waals surface area (Å²) in [7, 11) is 0. The summed E-state index contributed by atoms with van der Waals surface area (Å²) in [6, 6.07) is 11.1. The van der Waals surface area contributed by atoms with Crippen LogP contribution in [-0.4, -0.2) is 12.2 Å². The van der Waals surface area contributed by atoms with Crippen LogP contribution < -0.4 is 14.8 Å². The molecule has 1 aliphatic heterocycles. The average Bonchev–Trinajstić information content (AvgIpc) is 2.72. The number of carbonyl (C=O) groups excluding carboxylic acids is 1. The van der Waals surface area contributed by atoms with Crippen LogP contribution in [0, 0.1) is 6.92 Å². The zero-order valence-electron chi connectivity index (χ0n) is 11.0. The average molecular weight is 291 g/mol. The van der Waals surface area contributed by atoms with Crippen molar-refractivity contribution in [3.63, 3.8) is 0 Å². The number of anilines is 1. The highest BCUT2D eigenvalue weighted by molar-refractivity contribution is 6.04. The molecule has 0 atom stereocenters. The first-order chi connectivity index (χ1) is 9.93. The molecule has 2 aromatic rings. The van der Waals surface area contributed by atoms with E-state index in [2.05, 4.69) is 14.8 Å². The summed E-state index contributed by atoms with van der Waals surface area (Å²) >= 11 is 0. The highest BCUT2D eigenvalue weighted by atomic mass is 19.3. The van der Waals surface area contributed by atoms with Crippen molar-refractivity contribution < 1.29 is 23.0 Å². The molecular weight excluding hydrogens is 280 g/mol. The van der Waals surface area contributed by atoms with Gasteiger partial charge in [0.25, 0.3) is 5.91 Å². The van der Waals surface area contributed by atoms with E-state index in [0.717, 1.165) is 5.56 Å². The van der Waals surface area contributed by atoms with Crippen molar-refractivity contribution in [1.29, 1.82) is 0 Å². The molecular formula is C15H11F2NO3. The summed E-state index contributed by atoms with van der Waals surface area (Å²) in [5.41, 5.74) is 1.86. The maximum absolute atomic E-state index is 12.9. The molecule has 0 aliphatic carbocycles. The lowest BCUT2D eigenvalue weighted by atomic mass is 10.1. The molecule has 0 saturated heterocycles. The smallest absolute Gasteiger partial charge is 0.395 e. The van der Waals surface area contributed by atoms with Crippen LogP contribution in [0.2, 0.25) is 0 Å². The van der Waals surface area contributed by atoms with E-state index in [-0.39, 0.29) is 17.4 Å². The van der Waals surface area contributed by atoms with Gasteiger partial charge in [-0.25, -0.2) is 0 Å². The van der Waals surface area contributed by atoms with Crippen LogP contribution in [0.5, 0.6) is 11.5 Å². The Morgan fingerprint density at radius 1 is 1.05 bits per heavy atom. The quantitative estimate of drug-likeness (QED) is 0.920. The van der Waals surface area contributed by atoms with E-state index in [1.807, 2.05) is 19.1 Å². The second-order valence-electron chi connectivity index (χ2n) is 4.65. The molecule has 1 N–H and O–H groups in total. The number of nitrogens with one attached hydrogen (secondary N) is 1. The summed E-state index contributed by atoms with van der Waals surface area (Å²) < 4.78 is 34.4. The Morgan fingerprint density at radius 2 is 1.71 bits per heavy atom. The standard InChI is InChI=1S/C15H11F2NO3/c1-9-2-4-10(5-3-9)14(19)18-11-6-7-12-13(8-11)21-15(16,17)20-12/h2-8H,1H3,(H,18,19). The first-order valence-corrected chi connectivity index (χ1v) is 6.21. The van der Waals surface area contributed by atoms with Gasteiger partial charge in [-0.2, -0.15) is 0 Å². The van der Waals surface area contributed by atoms with Gasteiger partial charge in [0.1, 0.15) is 0 Å². The molecule has 0 bridgehead atoms. The SMILES string of the molecule is Cc1ccc(C(=O)Nc2ccc3c(c2)OC(F)(F)O3)cc1. The minimum atomic E-state index is -3.66. The van der Waals surface area contributed by atoms with Crippen molar-refractivity contribution in [3.8, 4) is 11.5 Å². The summed E-state index contributed by atoms with van der Waals surface area (Å²) in [5.74, 6) is -0.504. The summed E-state index contributed by atoms with van der Waals surface area (Å²) in [6.07, 6.45) is -3.66. The van der Waals surface area contributed by atoms with Gasteiger partial charge in [-0.05, 0) is 31.2 Å². The van der Waals surface area contributed by atoms with Crippen molar-refractivity contribution in [2.45, 2.75) is 13.2 Å². The first kappa shape index (κ1) is 13.4. The number of halogens is 2. The third kappa shape index (κ3) is 2.79. The lowest BCUT2D eigenvalue weighted by Crippen LogP contribution is -2.25. The van der Waals surface area contributed by atoms with Crippen molar-refractivity contribution >= 4 is 11.6 Å². The molecule has 21 heavy (non-hydrogen) atoms. The molecule has 0 fully saturated rings. The maximum Gasteiger partial charge on any atom is 0.586 e. The first-order valence-electron chi connectivity index (χ1n) is 6.21. The normalized spacial score (nSPS) is 14.8. The molecule has 1 heterocycles. The summed E-state index contributed by atoms with van der Waals surface area (Å²) in [4.78, 5) is 12.0. The van der Waals surface area contributed by atoms with Crippen LogP contribution in [0.4, 0.5) is 14.5 Å². The summed E-state index contributed by atoms with van der Waals surface area (Å²) in [6.45, 7) is 1.92. The van der Waals surface area contributed by atoms with Crippen LogP contribution in [0.1, 0.15) is 15.9 Å². The Bertz CT molecular complexity index is 699. The lowest BCUT2D eigenvalue weighted by molar-refractivity contribution is -0.286. The number of fused-ring (bicyclic) bond motifs is 1. The topological polar surface area (TPSA) is 47.6 Å². The number of carbonyl (C=O) groups is 1. The van der Waals surface area contributed by atoms with Crippen LogP contribution in [0.15, 0.2) is 42.5 Å². The van der Waals surface area contributed by atoms with Crippen molar-refractivity contribution in [3.05, 3.63) is 53.6 Å². The largest absolute Gasteiger partial charge is 0.586 e. The van der Waals surface area contributed by atoms with Gasteiger partial charge in [0, 0.05) is 17.3 Å². The Kier molecular flexibility index (Phi) is 3.01. The zero-order valence-corrected chi connectivity index (χ0v) is 11.0. The van der Waals surface area contributed by atoms with Crippen LogP contribution in [-0.2, 0) is 0 Å². The van der Waals surface area contributed by atoms with Gasteiger partial charge < -0.3 is 14.8 Å². The molecule has 0 spiro atoms. The lowest BCUT2D eigenvalue weighted by Gasteiger charge is -2.06. The van der Waals surface area contributed by atoms with Crippen molar-refractivity contribution in [1.82, 2.24) is 0 Å². The van der Waals surface area contributed by atoms with E-state index in [0.29, 0.717) is 11.3 Å². The predicted octanol–water partition coefficient (Wildman–Crippen LogP) is 3.57. The van der Waals surface area contributed by atoms with Gasteiger partial charge >= 0.3 is 6.29 Å². The van der Waals surface area contributed by atoms with E-state index in [9.17, 15) is 13.6 Å². The number of hydrogen-bond donors (Lipinski definition) is 1. The second-order valence-corrected chi connectivity index (χ2v) is 4.65. The van der Waals surface area contributed by atoms with E-state index < -0.39 is 6.29 Å². The monoisotopic (exact) mass is 291 g/mol. The molecule has 0 unspecified atom stereocenters. The molecule has 1 aliphatic rings. The number of ether oxygens (including phenoxy) is 2. The highest BCUT2D eigenvalue weighted by Gasteiger charge is 2.43. The third-order valence-electron chi connectivity index (χ3n) is 2.97. The van der Waals surface area contributed by atoms with Gasteiger partial charge in [-0.15, -0.1) is 8.78 Å². The Balaban J connectivity index is 1.77. The molecule has 0 radical (unpaired) electrons. The Hall–Kier alpha value is -2.63. The van der Waals surface area contributed by atoms with E-state index in [1.54, 1.807) is 12.1 Å². The van der Waals surface area contributed by atoms with Crippen LogP contribution in [0.25, 0.3) is 0 Å². The zero-order chi connectivity index (χ0) is 15.0. The fourth-order valence-electron chi connectivity index (χ4n) is 1.93. The van der Waals surface area contributed by atoms with Gasteiger partial charge in [-0.1, -0.05) is 17.7 Å².